The lowest BCUT2D eigenvalue weighted by Gasteiger charge is -2.19. The molecule has 0 unspecified atom stereocenters. The Balaban J connectivity index is 1.98. The van der Waals surface area contributed by atoms with Gasteiger partial charge in [-0.3, -0.25) is 9.59 Å². The molecule has 4 rings (SSSR count). The first kappa shape index (κ1) is 21.5. The van der Waals surface area contributed by atoms with E-state index in [9.17, 15) is 9.59 Å². The molecule has 3 aromatic carbocycles. The zero-order valence-corrected chi connectivity index (χ0v) is 19.1. The summed E-state index contributed by atoms with van der Waals surface area (Å²) in [4.78, 5) is 26.5. The highest BCUT2D eigenvalue weighted by atomic mass is 79.9. The molecule has 0 radical (unpaired) electrons. The zero-order chi connectivity index (χ0) is 22.7. The van der Waals surface area contributed by atoms with Crippen LogP contribution in [0.1, 0.15) is 16.1 Å². The predicted octanol–water partition coefficient (Wildman–Crippen LogP) is 5.23. The zero-order valence-electron chi connectivity index (χ0n) is 17.5. The topological polar surface area (TPSA) is 73.2 Å². The number of hydrogen-bond acceptors (Lipinski definition) is 4. The van der Waals surface area contributed by atoms with E-state index in [1.165, 1.54) is 0 Å². The van der Waals surface area contributed by atoms with E-state index < -0.39 is 0 Å². The maximum atomic E-state index is 13.3. The standard InChI is InChI=1S/C25H20BrN3O3/c1-16-23(30)22(20-10-6-7-11-21(20)32-2)24(29(28-16)19-8-4-3-5-9-19)27-25(31)17-12-14-18(26)15-13-17/h3-15H,1-2H3,(H,27,31). The number of hydrogen-bond donors (Lipinski definition) is 1. The number of aromatic nitrogens is 2. The summed E-state index contributed by atoms with van der Waals surface area (Å²) in [6.07, 6.45) is 0. The molecule has 4 aromatic rings. The molecule has 0 saturated carbocycles. The lowest BCUT2D eigenvalue weighted by atomic mass is 10.0. The number of nitrogens with zero attached hydrogens (tertiary/aromatic N) is 2. The van der Waals surface area contributed by atoms with Crippen LogP contribution in [-0.2, 0) is 0 Å². The van der Waals surface area contributed by atoms with Crippen LogP contribution in [0, 0.1) is 6.92 Å². The third-order valence-corrected chi connectivity index (χ3v) is 5.50. The Kier molecular flexibility index (Phi) is 6.18. The number of para-hydroxylation sites is 2. The number of anilines is 1. The molecule has 0 spiro atoms. The van der Waals surface area contributed by atoms with Crippen molar-refractivity contribution in [2.75, 3.05) is 12.4 Å². The smallest absolute Gasteiger partial charge is 0.256 e. The average molecular weight is 490 g/mol. The van der Waals surface area contributed by atoms with Crippen molar-refractivity contribution in [3.8, 4) is 22.6 Å². The van der Waals surface area contributed by atoms with Gasteiger partial charge in [0.05, 0.1) is 18.4 Å². The van der Waals surface area contributed by atoms with Crippen LogP contribution in [0.5, 0.6) is 5.75 Å². The van der Waals surface area contributed by atoms with Gasteiger partial charge < -0.3 is 10.1 Å². The molecular formula is C25H20BrN3O3. The first-order valence-corrected chi connectivity index (χ1v) is 10.7. The largest absolute Gasteiger partial charge is 0.496 e. The van der Waals surface area contributed by atoms with Gasteiger partial charge in [0, 0.05) is 15.6 Å². The molecule has 0 fully saturated rings. The number of halogens is 1. The fraction of sp³-hybridized carbons (Fsp3) is 0.0800. The summed E-state index contributed by atoms with van der Waals surface area (Å²) in [6.45, 7) is 1.65. The summed E-state index contributed by atoms with van der Waals surface area (Å²) in [6, 6.07) is 23.5. The first-order valence-electron chi connectivity index (χ1n) is 9.89. The van der Waals surface area contributed by atoms with Crippen molar-refractivity contribution >= 4 is 27.7 Å². The van der Waals surface area contributed by atoms with E-state index in [-0.39, 0.29) is 17.2 Å². The summed E-state index contributed by atoms with van der Waals surface area (Å²) in [5.41, 5.74) is 2.06. The van der Waals surface area contributed by atoms with Crippen LogP contribution >= 0.6 is 15.9 Å². The van der Waals surface area contributed by atoms with Crippen molar-refractivity contribution in [3.05, 3.63) is 105 Å². The van der Waals surface area contributed by atoms with E-state index in [1.54, 1.807) is 55.1 Å². The molecule has 32 heavy (non-hydrogen) atoms. The number of benzene rings is 3. The van der Waals surface area contributed by atoms with Gasteiger partial charge in [0.15, 0.2) is 0 Å². The SMILES string of the molecule is COc1ccccc1-c1c(NC(=O)c2ccc(Br)cc2)n(-c2ccccc2)nc(C)c1=O. The van der Waals surface area contributed by atoms with E-state index in [2.05, 4.69) is 26.3 Å². The number of amides is 1. The Morgan fingerprint density at radius 2 is 1.62 bits per heavy atom. The third-order valence-electron chi connectivity index (χ3n) is 4.97. The number of methoxy groups -OCH3 is 1. The Bertz CT molecular complexity index is 1330. The van der Waals surface area contributed by atoms with E-state index in [4.69, 9.17) is 4.74 Å². The van der Waals surface area contributed by atoms with Crippen molar-refractivity contribution in [2.24, 2.45) is 0 Å². The minimum Gasteiger partial charge on any atom is -0.496 e. The van der Waals surface area contributed by atoms with Gasteiger partial charge in [0.25, 0.3) is 5.91 Å². The molecule has 0 bridgehead atoms. The minimum atomic E-state index is -0.358. The molecule has 1 heterocycles. The Labute approximate surface area is 193 Å². The third kappa shape index (κ3) is 4.20. The lowest BCUT2D eigenvalue weighted by Crippen LogP contribution is -2.25. The fourth-order valence-electron chi connectivity index (χ4n) is 3.39. The van der Waals surface area contributed by atoms with Crippen LogP contribution in [0.25, 0.3) is 16.8 Å². The van der Waals surface area contributed by atoms with Gasteiger partial charge in [0.1, 0.15) is 17.3 Å². The van der Waals surface area contributed by atoms with E-state index in [1.807, 2.05) is 42.5 Å². The van der Waals surface area contributed by atoms with Crippen molar-refractivity contribution in [1.29, 1.82) is 0 Å². The summed E-state index contributed by atoms with van der Waals surface area (Å²) in [7, 11) is 1.54. The summed E-state index contributed by atoms with van der Waals surface area (Å²) >= 11 is 3.38. The summed E-state index contributed by atoms with van der Waals surface area (Å²) in [5, 5.41) is 7.41. The molecule has 7 heteroatoms. The number of carbonyl (C=O) groups excluding carboxylic acids is 1. The number of rotatable bonds is 5. The van der Waals surface area contributed by atoms with Crippen molar-refractivity contribution < 1.29 is 9.53 Å². The van der Waals surface area contributed by atoms with Crippen LogP contribution in [0.15, 0.2) is 88.1 Å². The quantitative estimate of drug-likeness (QED) is 0.416. The molecule has 6 nitrogen and oxygen atoms in total. The van der Waals surface area contributed by atoms with Crippen LogP contribution < -0.4 is 15.5 Å². The predicted molar refractivity (Wildman–Crippen MR) is 129 cm³/mol. The maximum absolute atomic E-state index is 13.3. The Morgan fingerprint density at radius 1 is 0.969 bits per heavy atom. The normalized spacial score (nSPS) is 10.6. The summed E-state index contributed by atoms with van der Waals surface area (Å²) in [5.74, 6) is 0.432. The van der Waals surface area contributed by atoms with Gasteiger partial charge in [-0.05, 0) is 49.4 Å². The number of ether oxygens (including phenoxy) is 1. The van der Waals surface area contributed by atoms with E-state index >= 15 is 0 Å². The highest BCUT2D eigenvalue weighted by Gasteiger charge is 2.22. The molecule has 0 atom stereocenters. The molecule has 1 aromatic heterocycles. The number of carbonyl (C=O) groups is 1. The van der Waals surface area contributed by atoms with Crippen molar-refractivity contribution in [2.45, 2.75) is 6.92 Å². The van der Waals surface area contributed by atoms with Crippen molar-refractivity contribution in [3.63, 3.8) is 0 Å². The second-order valence-electron chi connectivity index (χ2n) is 7.05. The lowest BCUT2D eigenvalue weighted by molar-refractivity contribution is 0.102. The first-order chi connectivity index (χ1) is 15.5. The maximum Gasteiger partial charge on any atom is 0.256 e. The van der Waals surface area contributed by atoms with Gasteiger partial charge in [-0.25, -0.2) is 4.68 Å². The molecule has 1 amide bonds. The molecule has 1 N–H and O–H groups in total. The average Bonchev–Trinajstić information content (AvgIpc) is 2.82. The molecular weight excluding hydrogens is 470 g/mol. The number of aryl methyl sites for hydroxylation is 1. The van der Waals surface area contributed by atoms with Crippen molar-refractivity contribution in [1.82, 2.24) is 9.78 Å². The molecule has 160 valence electrons. The van der Waals surface area contributed by atoms with Gasteiger partial charge >= 0.3 is 0 Å². The monoisotopic (exact) mass is 489 g/mol. The van der Waals surface area contributed by atoms with Gasteiger partial charge in [-0.2, -0.15) is 5.10 Å². The molecule has 0 aliphatic heterocycles. The molecule has 0 aliphatic rings. The summed E-state index contributed by atoms with van der Waals surface area (Å²) < 4.78 is 7.95. The fourth-order valence-corrected chi connectivity index (χ4v) is 3.66. The minimum absolute atomic E-state index is 0.268. The Morgan fingerprint density at radius 3 is 2.31 bits per heavy atom. The second-order valence-corrected chi connectivity index (χ2v) is 7.96. The molecule has 0 saturated heterocycles. The van der Waals surface area contributed by atoms with Gasteiger partial charge in [-0.15, -0.1) is 0 Å². The highest BCUT2D eigenvalue weighted by Crippen LogP contribution is 2.33. The van der Waals surface area contributed by atoms with Gasteiger partial charge in [0.2, 0.25) is 5.43 Å². The molecule has 0 aliphatic carbocycles. The van der Waals surface area contributed by atoms with Crippen LogP contribution in [0.3, 0.4) is 0 Å². The van der Waals surface area contributed by atoms with E-state index in [0.29, 0.717) is 33.8 Å². The number of nitrogens with one attached hydrogen (secondary N) is 1. The van der Waals surface area contributed by atoms with Crippen LogP contribution in [0.4, 0.5) is 5.82 Å². The van der Waals surface area contributed by atoms with Crippen LogP contribution in [0.2, 0.25) is 0 Å². The second kappa shape index (κ2) is 9.20. The highest BCUT2D eigenvalue weighted by molar-refractivity contribution is 9.10. The Hall–Kier alpha value is -3.71. The van der Waals surface area contributed by atoms with Gasteiger partial charge in [-0.1, -0.05) is 52.3 Å². The van der Waals surface area contributed by atoms with E-state index in [0.717, 1.165) is 4.47 Å². The van der Waals surface area contributed by atoms with Crippen LogP contribution in [-0.4, -0.2) is 22.8 Å².